The van der Waals surface area contributed by atoms with Crippen molar-refractivity contribution in [1.82, 2.24) is 14.8 Å². The third-order valence-electron chi connectivity index (χ3n) is 6.18. The summed E-state index contributed by atoms with van der Waals surface area (Å²) in [5.74, 6) is 1.12. The van der Waals surface area contributed by atoms with Crippen LogP contribution in [0.25, 0.3) is 11.4 Å². The average molecular weight is 534 g/mol. The zero-order valence-electron chi connectivity index (χ0n) is 19.1. The highest BCUT2D eigenvalue weighted by Crippen LogP contribution is 2.49. The van der Waals surface area contributed by atoms with Crippen molar-refractivity contribution in [1.29, 1.82) is 0 Å². The summed E-state index contributed by atoms with van der Waals surface area (Å²) in [6.45, 7) is 2.00. The van der Waals surface area contributed by atoms with Gasteiger partial charge in [0.15, 0.2) is 16.8 Å². The van der Waals surface area contributed by atoms with Crippen molar-refractivity contribution in [2.75, 3.05) is 5.01 Å². The van der Waals surface area contributed by atoms with Gasteiger partial charge in [-0.1, -0.05) is 65.3 Å². The molecule has 0 N–H and O–H groups in total. The monoisotopic (exact) mass is 533 g/mol. The zero-order valence-corrected chi connectivity index (χ0v) is 20.6. The SMILES string of the molecule is Cc1ccc(-c2nc3n(n2)C2=NN(c4ccc([N+](=O)[O-])cc4[N+](=O)[O-])[C@H](c4ccc(Cl)cc4)[C@H]2S3)cc1. The van der Waals surface area contributed by atoms with Crippen molar-refractivity contribution in [3.05, 3.63) is 103 Å². The molecule has 37 heavy (non-hydrogen) atoms. The van der Waals surface area contributed by atoms with Gasteiger partial charge in [0.2, 0.25) is 0 Å². The lowest BCUT2D eigenvalue weighted by Crippen LogP contribution is -2.27. The predicted octanol–water partition coefficient (Wildman–Crippen LogP) is 5.62. The van der Waals surface area contributed by atoms with E-state index in [-0.39, 0.29) is 16.6 Å². The van der Waals surface area contributed by atoms with Crippen LogP contribution < -0.4 is 5.01 Å². The van der Waals surface area contributed by atoms with Gasteiger partial charge in [-0.15, -0.1) is 5.10 Å². The minimum atomic E-state index is -0.664. The van der Waals surface area contributed by atoms with Gasteiger partial charge in [-0.05, 0) is 30.7 Å². The molecule has 11 nitrogen and oxygen atoms in total. The number of nitro benzene ring substituents is 2. The van der Waals surface area contributed by atoms with Gasteiger partial charge in [0.25, 0.3) is 5.69 Å². The Morgan fingerprint density at radius 2 is 1.70 bits per heavy atom. The maximum Gasteiger partial charge on any atom is 0.301 e. The molecule has 3 aromatic carbocycles. The number of thioether (sulfide) groups is 1. The van der Waals surface area contributed by atoms with E-state index in [2.05, 4.69) is 5.10 Å². The van der Waals surface area contributed by atoms with E-state index < -0.39 is 21.6 Å². The highest BCUT2D eigenvalue weighted by atomic mass is 35.5. The summed E-state index contributed by atoms with van der Waals surface area (Å²) in [4.78, 5) is 26.6. The topological polar surface area (TPSA) is 133 Å². The number of benzene rings is 3. The molecule has 0 amide bonds. The van der Waals surface area contributed by atoms with Gasteiger partial charge in [-0.3, -0.25) is 20.2 Å². The van der Waals surface area contributed by atoms with Gasteiger partial charge in [-0.2, -0.15) is 9.78 Å². The van der Waals surface area contributed by atoms with Crippen LogP contribution in [0.1, 0.15) is 17.2 Å². The van der Waals surface area contributed by atoms with E-state index in [1.807, 2.05) is 43.3 Å². The molecule has 1 aromatic heterocycles. The predicted molar refractivity (Wildman–Crippen MR) is 139 cm³/mol. The van der Waals surface area contributed by atoms with E-state index >= 15 is 0 Å². The molecular weight excluding hydrogens is 518 g/mol. The summed E-state index contributed by atoms with van der Waals surface area (Å²) in [5, 5.41) is 35.1. The average Bonchev–Trinajstić information content (AvgIpc) is 3.54. The minimum absolute atomic E-state index is 0.137. The Kier molecular flexibility index (Phi) is 5.42. The number of non-ortho nitro benzene ring substituents is 1. The molecule has 4 aromatic rings. The Bertz CT molecular complexity index is 1600. The Morgan fingerprint density at radius 1 is 0.973 bits per heavy atom. The lowest BCUT2D eigenvalue weighted by molar-refractivity contribution is -0.393. The van der Waals surface area contributed by atoms with E-state index in [0.717, 1.165) is 22.8 Å². The summed E-state index contributed by atoms with van der Waals surface area (Å²) in [7, 11) is 0. The molecule has 13 heteroatoms. The third-order valence-corrected chi connectivity index (χ3v) is 7.63. The first-order valence-corrected chi connectivity index (χ1v) is 12.3. The number of fused-ring (bicyclic) bond motifs is 3. The number of nitrogens with zero attached hydrogens (tertiary/aromatic N) is 7. The molecule has 0 spiro atoms. The van der Waals surface area contributed by atoms with E-state index in [1.165, 1.54) is 28.9 Å². The second-order valence-corrected chi connectivity index (χ2v) is 10.1. The molecule has 6 rings (SSSR count). The van der Waals surface area contributed by atoms with E-state index in [9.17, 15) is 20.2 Å². The highest BCUT2D eigenvalue weighted by molar-refractivity contribution is 8.01. The van der Waals surface area contributed by atoms with Gasteiger partial charge in [0, 0.05) is 16.7 Å². The molecule has 2 aliphatic rings. The number of halogens is 1. The number of aryl methyl sites for hydroxylation is 1. The van der Waals surface area contributed by atoms with Gasteiger partial charge in [-0.25, -0.2) is 9.99 Å². The largest absolute Gasteiger partial charge is 0.301 e. The number of rotatable bonds is 5. The number of nitro groups is 2. The maximum absolute atomic E-state index is 11.9. The van der Waals surface area contributed by atoms with E-state index in [4.69, 9.17) is 21.7 Å². The van der Waals surface area contributed by atoms with Crippen LogP contribution in [0.2, 0.25) is 5.02 Å². The van der Waals surface area contributed by atoms with Gasteiger partial charge in [0.05, 0.1) is 22.0 Å². The van der Waals surface area contributed by atoms with Crippen LogP contribution in [0, 0.1) is 27.2 Å². The van der Waals surface area contributed by atoms with Crippen LogP contribution in [0.3, 0.4) is 0 Å². The second kappa shape index (κ2) is 8.68. The molecule has 2 aliphatic heterocycles. The molecule has 0 saturated heterocycles. The number of hydrogen-bond donors (Lipinski definition) is 0. The summed E-state index contributed by atoms with van der Waals surface area (Å²) >= 11 is 7.57. The molecule has 0 radical (unpaired) electrons. The molecule has 184 valence electrons. The summed E-state index contributed by atoms with van der Waals surface area (Å²) < 4.78 is 1.66. The Balaban J connectivity index is 1.48. The van der Waals surface area contributed by atoms with Gasteiger partial charge >= 0.3 is 5.69 Å². The fourth-order valence-corrected chi connectivity index (χ4v) is 5.77. The van der Waals surface area contributed by atoms with Crippen molar-refractivity contribution in [2.24, 2.45) is 5.10 Å². The van der Waals surface area contributed by atoms with Crippen molar-refractivity contribution in [3.8, 4) is 11.4 Å². The summed E-state index contributed by atoms with van der Waals surface area (Å²) in [5.41, 5.74) is 2.15. The highest BCUT2D eigenvalue weighted by Gasteiger charge is 2.48. The quantitative estimate of drug-likeness (QED) is 0.238. The van der Waals surface area contributed by atoms with Crippen molar-refractivity contribution < 1.29 is 9.85 Å². The van der Waals surface area contributed by atoms with E-state index in [1.54, 1.807) is 16.8 Å². The first kappa shape index (κ1) is 23.1. The van der Waals surface area contributed by atoms with Crippen LogP contribution in [0.4, 0.5) is 17.1 Å². The first-order valence-electron chi connectivity index (χ1n) is 11.1. The minimum Gasteiger partial charge on any atom is -0.258 e. The smallest absolute Gasteiger partial charge is 0.258 e. The summed E-state index contributed by atoms with van der Waals surface area (Å²) in [6, 6.07) is 18.1. The molecule has 0 bridgehead atoms. The molecule has 2 atom stereocenters. The van der Waals surface area contributed by atoms with Gasteiger partial charge < -0.3 is 0 Å². The molecule has 0 unspecified atom stereocenters. The van der Waals surface area contributed by atoms with Crippen molar-refractivity contribution >= 4 is 46.3 Å². The van der Waals surface area contributed by atoms with Gasteiger partial charge in [0.1, 0.15) is 10.9 Å². The Hall–Kier alpha value is -4.29. The lowest BCUT2D eigenvalue weighted by Gasteiger charge is -2.26. The molecular formula is C24H16ClN7O4S. The fourth-order valence-electron chi connectivity index (χ4n) is 4.39. The Morgan fingerprint density at radius 3 is 2.38 bits per heavy atom. The van der Waals surface area contributed by atoms with Crippen molar-refractivity contribution in [2.45, 2.75) is 23.4 Å². The number of hydrazone groups is 1. The van der Waals surface area contributed by atoms with E-state index in [0.29, 0.717) is 21.8 Å². The second-order valence-electron chi connectivity index (χ2n) is 8.52. The normalized spacial score (nSPS) is 17.9. The Labute approximate surface area is 218 Å². The number of hydrogen-bond acceptors (Lipinski definition) is 9. The lowest BCUT2D eigenvalue weighted by atomic mass is 10.0. The molecule has 0 aliphatic carbocycles. The van der Waals surface area contributed by atoms with Crippen LogP contribution in [0.5, 0.6) is 0 Å². The maximum atomic E-state index is 11.9. The van der Waals surface area contributed by atoms with Crippen LogP contribution in [-0.2, 0) is 0 Å². The van der Waals surface area contributed by atoms with Crippen LogP contribution in [0.15, 0.2) is 77.0 Å². The first-order chi connectivity index (χ1) is 17.8. The number of aromatic nitrogens is 3. The molecule has 3 heterocycles. The zero-order chi connectivity index (χ0) is 25.8. The van der Waals surface area contributed by atoms with Crippen LogP contribution >= 0.6 is 23.4 Å². The standard InChI is InChI=1S/C24H16ClN7O4S/c1-13-2-4-15(5-3-13)22-26-24-30(27-22)23-21(37-24)20(14-6-8-16(25)9-7-14)29(28-23)18-11-10-17(31(33)34)12-19(18)32(35)36/h2-12,20-21H,1H3/t20-,21-/m1/s1. The summed E-state index contributed by atoms with van der Waals surface area (Å²) in [6.07, 6.45) is 0. The molecule has 0 saturated carbocycles. The third kappa shape index (κ3) is 3.90. The molecule has 0 fully saturated rings. The number of anilines is 1. The van der Waals surface area contributed by atoms with Crippen molar-refractivity contribution in [3.63, 3.8) is 0 Å². The fraction of sp³-hybridized carbons (Fsp3) is 0.125. The van der Waals surface area contributed by atoms with Crippen LogP contribution in [-0.4, -0.2) is 35.7 Å².